The molecule has 0 atom stereocenters. The number of rotatable bonds is 2. The van der Waals surface area contributed by atoms with Gasteiger partial charge in [-0.3, -0.25) is 0 Å². The molecule has 0 radical (unpaired) electrons. The molecule has 21 heavy (non-hydrogen) atoms. The second-order valence-electron chi connectivity index (χ2n) is 5.41. The lowest BCUT2D eigenvalue weighted by Gasteiger charge is -2.33. The van der Waals surface area contributed by atoms with Crippen LogP contribution in [0.15, 0.2) is 24.3 Å². The Labute approximate surface area is 128 Å². The van der Waals surface area contributed by atoms with E-state index >= 15 is 0 Å². The van der Waals surface area contributed by atoms with Crippen molar-refractivity contribution in [3.8, 4) is 0 Å². The molecule has 1 fully saturated rings. The number of halogens is 3. The van der Waals surface area contributed by atoms with Crippen molar-refractivity contribution in [2.75, 3.05) is 12.4 Å². The Bertz CT molecular complexity index is 496. The van der Waals surface area contributed by atoms with Gasteiger partial charge < -0.3 is 10.2 Å². The zero-order valence-corrected chi connectivity index (χ0v) is 12.7. The van der Waals surface area contributed by atoms with E-state index in [2.05, 4.69) is 5.32 Å². The molecule has 2 nitrogen and oxygen atoms in total. The first-order valence-corrected chi connectivity index (χ1v) is 7.50. The molecule has 1 saturated carbocycles. The van der Waals surface area contributed by atoms with E-state index in [-0.39, 0.29) is 0 Å². The van der Waals surface area contributed by atoms with Gasteiger partial charge in [0.1, 0.15) is 0 Å². The number of hydrogen-bond donors (Lipinski definition) is 1. The van der Waals surface area contributed by atoms with Gasteiger partial charge in [0.2, 0.25) is 0 Å². The molecule has 0 bridgehead atoms. The molecule has 0 spiro atoms. The van der Waals surface area contributed by atoms with Gasteiger partial charge >= 0.3 is 6.18 Å². The van der Waals surface area contributed by atoms with Crippen LogP contribution >= 0.6 is 12.2 Å². The van der Waals surface area contributed by atoms with E-state index in [4.69, 9.17) is 12.2 Å². The average Bonchev–Trinajstić information content (AvgIpc) is 2.47. The highest BCUT2D eigenvalue weighted by molar-refractivity contribution is 7.80. The highest BCUT2D eigenvalue weighted by atomic mass is 32.1. The van der Waals surface area contributed by atoms with E-state index in [9.17, 15) is 13.2 Å². The van der Waals surface area contributed by atoms with E-state index < -0.39 is 11.7 Å². The monoisotopic (exact) mass is 316 g/mol. The van der Waals surface area contributed by atoms with Crippen LogP contribution in [0.5, 0.6) is 0 Å². The van der Waals surface area contributed by atoms with Gasteiger partial charge in [-0.25, -0.2) is 0 Å². The Morgan fingerprint density at radius 3 is 2.52 bits per heavy atom. The van der Waals surface area contributed by atoms with Gasteiger partial charge in [-0.05, 0) is 43.3 Å². The third-order valence-electron chi connectivity index (χ3n) is 3.88. The minimum Gasteiger partial charge on any atom is -0.349 e. The first-order chi connectivity index (χ1) is 9.88. The Balaban J connectivity index is 2.02. The van der Waals surface area contributed by atoms with Crippen LogP contribution in [0.25, 0.3) is 0 Å². The van der Waals surface area contributed by atoms with E-state index in [1.165, 1.54) is 25.3 Å². The number of thiocarbonyl (C=S) groups is 1. The molecule has 1 N–H and O–H groups in total. The summed E-state index contributed by atoms with van der Waals surface area (Å²) in [5, 5.41) is 3.38. The molecular weight excluding hydrogens is 297 g/mol. The van der Waals surface area contributed by atoms with E-state index in [0.717, 1.165) is 25.0 Å². The molecule has 0 saturated heterocycles. The van der Waals surface area contributed by atoms with Crippen molar-refractivity contribution in [2.24, 2.45) is 0 Å². The van der Waals surface area contributed by atoms with Crippen molar-refractivity contribution in [3.05, 3.63) is 29.8 Å². The summed E-state index contributed by atoms with van der Waals surface area (Å²) in [6.07, 6.45) is 1.44. The lowest BCUT2D eigenvalue weighted by atomic mass is 9.95. The van der Waals surface area contributed by atoms with Crippen LogP contribution in [0, 0.1) is 0 Å². The average molecular weight is 316 g/mol. The maximum absolute atomic E-state index is 12.7. The molecule has 2 rings (SSSR count). The SMILES string of the molecule is CN(C(=S)Nc1cccc(C(F)(F)F)c1)C1CCCCC1. The summed E-state index contributed by atoms with van der Waals surface area (Å²) in [5.41, 5.74) is -0.298. The molecule has 0 aliphatic heterocycles. The van der Waals surface area contributed by atoms with Crippen LogP contribution in [-0.4, -0.2) is 23.1 Å². The zero-order chi connectivity index (χ0) is 15.5. The second kappa shape index (κ2) is 6.64. The quantitative estimate of drug-likeness (QED) is 0.798. The highest BCUT2D eigenvalue weighted by Gasteiger charge is 2.30. The molecule has 1 aromatic rings. The smallest absolute Gasteiger partial charge is 0.349 e. The molecule has 0 heterocycles. The van der Waals surface area contributed by atoms with E-state index in [0.29, 0.717) is 16.8 Å². The number of hydrogen-bond acceptors (Lipinski definition) is 1. The maximum atomic E-state index is 12.7. The van der Waals surface area contributed by atoms with Crippen LogP contribution in [0.4, 0.5) is 18.9 Å². The summed E-state index contributed by atoms with van der Waals surface area (Å²) in [6.45, 7) is 0. The Hall–Kier alpha value is -1.30. The van der Waals surface area contributed by atoms with Crippen LogP contribution in [0.1, 0.15) is 37.7 Å². The summed E-state index contributed by atoms with van der Waals surface area (Å²) in [5.74, 6) is 0. The lowest BCUT2D eigenvalue weighted by molar-refractivity contribution is -0.137. The van der Waals surface area contributed by atoms with Crippen molar-refractivity contribution in [1.29, 1.82) is 0 Å². The first kappa shape index (κ1) is 16.1. The molecule has 1 aromatic carbocycles. The van der Waals surface area contributed by atoms with Crippen molar-refractivity contribution in [1.82, 2.24) is 4.90 Å². The van der Waals surface area contributed by atoms with Crippen LogP contribution in [-0.2, 0) is 6.18 Å². The fraction of sp³-hybridized carbons (Fsp3) is 0.533. The van der Waals surface area contributed by atoms with Crippen molar-refractivity contribution in [3.63, 3.8) is 0 Å². The van der Waals surface area contributed by atoms with Crippen LogP contribution in [0.2, 0.25) is 0 Å². The van der Waals surface area contributed by atoms with Gasteiger partial charge in [0, 0.05) is 18.8 Å². The van der Waals surface area contributed by atoms with Gasteiger partial charge in [0.05, 0.1) is 5.56 Å². The third-order valence-corrected chi connectivity index (χ3v) is 4.27. The summed E-state index contributed by atoms with van der Waals surface area (Å²) in [7, 11) is 1.90. The zero-order valence-electron chi connectivity index (χ0n) is 11.9. The second-order valence-corrected chi connectivity index (χ2v) is 5.80. The predicted octanol–water partition coefficient (Wildman–Crippen LogP) is 4.67. The molecule has 0 amide bonds. The fourth-order valence-electron chi connectivity index (χ4n) is 2.62. The normalized spacial score (nSPS) is 16.6. The van der Waals surface area contributed by atoms with Gasteiger partial charge in [-0.1, -0.05) is 25.3 Å². The van der Waals surface area contributed by atoms with Gasteiger partial charge in [-0.15, -0.1) is 0 Å². The molecule has 1 aliphatic rings. The lowest BCUT2D eigenvalue weighted by Crippen LogP contribution is -2.40. The van der Waals surface area contributed by atoms with E-state index in [1.54, 1.807) is 6.07 Å². The number of nitrogens with one attached hydrogen (secondary N) is 1. The first-order valence-electron chi connectivity index (χ1n) is 7.09. The molecule has 1 aliphatic carbocycles. The summed E-state index contributed by atoms with van der Waals surface area (Å²) in [4.78, 5) is 1.97. The van der Waals surface area contributed by atoms with Crippen LogP contribution < -0.4 is 5.32 Å². The minimum absolute atomic E-state index is 0.373. The van der Waals surface area contributed by atoms with Gasteiger partial charge in [0.15, 0.2) is 5.11 Å². The number of benzene rings is 1. The van der Waals surface area contributed by atoms with E-state index in [1.807, 2.05) is 11.9 Å². The number of anilines is 1. The predicted molar refractivity (Wildman–Crippen MR) is 82.3 cm³/mol. The summed E-state index contributed by atoms with van der Waals surface area (Å²) in [6, 6.07) is 5.50. The van der Waals surface area contributed by atoms with Gasteiger partial charge in [-0.2, -0.15) is 13.2 Å². The Morgan fingerprint density at radius 2 is 1.90 bits per heavy atom. The molecular formula is C15H19F3N2S. The van der Waals surface area contributed by atoms with Crippen LogP contribution in [0.3, 0.4) is 0 Å². The summed E-state index contributed by atoms with van der Waals surface area (Å²) < 4.78 is 38.1. The molecule has 6 heteroatoms. The van der Waals surface area contributed by atoms with Crippen molar-refractivity contribution >= 4 is 23.0 Å². The molecule has 0 aromatic heterocycles. The standard InChI is InChI=1S/C15H19F3N2S/c1-20(13-8-3-2-4-9-13)14(21)19-12-7-5-6-11(10-12)15(16,17)18/h5-7,10,13H,2-4,8-9H2,1H3,(H,19,21). The highest BCUT2D eigenvalue weighted by Crippen LogP contribution is 2.31. The molecule has 116 valence electrons. The third kappa shape index (κ3) is 4.33. The Morgan fingerprint density at radius 1 is 1.24 bits per heavy atom. The minimum atomic E-state index is -4.34. The molecule has 0 unspecified atom stereocenters. The largest absolute Gasteiger partial charge is 0.416 e. The maximum Gasteiger partial charge on any atom is 0.416 e. The topological polar surface area (TPSA) is 15.3 Å². The van der Waals surface area contributed by atoms with Crippen molar-refractivity contribution in [2.45, 2.75) is 44.3 Å². The number of alkyl halides is 3. The number of nitrogens with zero attached hydrogens (tertiary/aromatic N) is 1. The van der Waals surface area contributed by atoms with Gasteiger partial charge in [0.25, 0.3) is 0 Å². The fourth-order valence-corrected chi connectivity index (χ4v) is 2.89. The summed E-state index contributed by atoms with van der Waals surface area (Å²) >= 11 is 5.31. The van der Waals surface area contributed by atoms with Crippen molar-refractivity contribution < 1.29 is 13.2 Å². The Kier molecular flexibility index (Phi) is 5.08.